The van der Waals surface area contributed by atoms with Crippen LogP contribution >= 0.6 is 0 Å². The number of hydrogen-bond acceptors (Lipinski definition) is 5. The van der Waals surface area contributed by atoms with Gasteiger partial charge in [-0.1, -0.05) is 48.0 Å². The Balaban J connectivity index is 0.000000425. The van der Waals surface area contributed by atoms with Crippen molar-refractivity contribution in [1.29, 1.82) is 0 Å². The summed E-state index contributed by atoms with van der Waals surface area (Å²) in [6.07, 6.45) is 0.385. The van der Waals surface area contributed by atoms with E-state index in [2.05, 4.69) is 0 Å². The second-order valence-electron chi connectivity index (χ2n) is 4.92. The topological polar surface area (TPSA) is 153 Å². The third-order valence-electron chi connectivity index (χ3n) is 2.93. The molecule has 0 fully saturated rings. The maximum Gasteiger partial charge on any atom is 0.320 e. The first-order valence-electron chi connectivity index (χ1n) is 6.76. The standard InChI is InChI=1S/C9H11NO2.C7H8O3S.H3N/c10-8(9(11)12)6-7-4-2-1-3-5-7;1-6-2-4-7(5-3-6)11(8,9)10;/h1-5,8H,6,10H2,(H,11,12);2-5H,1H3,(H,8,9,10);1H3/t8-;;/m0../s1. The minimum absolute atomic E-state index is 0. The molecule has 0 aliphatic heterocycles. The van der Waals surface area contributed by atoms with E-state index in [1.165, 1.54) is 12.1 Å². The molecule has 2 aromatic carbocycles. The molecule has 0 saturated heterocycles. The Hall–Kier alpha value is -2.26. The van der Waals surface area contributed by atoms with Crippen molar-refractivity contribution in [3.8, 4) is 0 Å². The zero-order chi connectivity index (χ0) is 17.5. The first kappa shape index (κ1) is 21.7. The smallest absolute Gasteiger partial charge is 0.320 e. The molecular weight excluding hydrogens is 332 g/mol. The summed E-state index contributed by atoms with van der Waals surface area (Å²) in [4.78, 5) is 10.3. The lowest BCUT2D eigenvalue weighted by atomic mass is 10.1. The fraction of sp³-hybridized carbons (Fsp3) is 0.188. The molecule has 8 heteroatoms. The number of rotatable bonds is 4. The van der Waals surface area contributed by atoms with Gasteiger partial charge in [-0.2, -0.15) is 8.42 Å². The summed E-state index contributed by atoms with van der Waals surface area (Å²) >= 11 is 0. The van der Waals surface area contributed by atoms with Gasteiger partial charge in [0.2, 0.25) is 0 Å². The monoisotopic (exact) mass is 354 g/mol. The van der Waals surface area contributed by atoms with Crippen molar-refractivity contribution in [2.75, 3.05) is 0 Å². The van der Waals surface area contributed by atoms with Gasteiger partial charge < -0.3 is 17.0 Å². The molecule has 0 unspecified atom stereocenters. The molecule has 24 heavy (non-hydrogen) atoms. The fourth-order valence-electron chi connectivity index (χ4n) is 1.67. The van der Waals surface area contributed by atoms with Crippen LogP contribution in [0.3, 0.4) is 0 Å². The molecular formula is C16H22N2O5S. The highest BCUT2D eigenvalue weighted by molar-refractivity contribution is 7.85. The summed E-state index contributed by atoms with van der Waals surface area (Å²) in [7, 11) is -4.02. The number of aliphatic carboxylic acids is 1. The van der Waals surface area contributed by atoms with Crippen molar-refractivity contribution in [3.63, 3.8) is 0 Å². The summed E-state index contributed by atoms with van der Waals surface area (Å²) in [5.74, 6) is -0.959. The van der Waals surface area contributed by atoms with Gasteiger partial charge in [0.15, 0.2) is 0 Å². The molecule has 0 saturated carbocycles. The average Bonchev–Trinajstić information content (AvgIpc) is 2.48. The SMILES string of the molecule is Cc1ccc(S(=O)(=O)O)cc1.N.N[C@@H](Cc1ccccc1)C(=O)O. The predicted molar refractivity (Wildman–Crippen MR) is 91.8 cm³/mol. The summed E-state index contributed by atoms with van der Waals surface area (Å²) in [5, 5.41) is 8.52. The lowest BCUT2D eigenvalue weighted by Crippen LogP contribution is -2.32. The average molecular weight is 354 g/mol. The zero-order valence-electron chi connectivity index (χ0n) is 13.3. The van der Waals surface area contributed by atoms with Crippen molar-refractivity contribution < 1.29 is 22.9 Å². The van der Waals surface area contributed by atoms with Crippen LogP contribution in [0.4, 0.5) is 0 Å². The van der Waals surface area contributed by atoms with E-state index in [0.29, 0.717) is 6.42 Å². The first-order valence-corrected chi connectivity index (χ1v) is 8.20. The fourth-order valence-corrected chi connectivity index (χ4v) is 2.15. The van der Waals surface area contributed by atoms with E-state index in [9.17, 15) is 13.2 Å². The number of benzene rings is 2. The van der Waals surface area contributed by atoms with E-state index in [0.717, 1.165) is 11.1 Å². The molecule has 7 nitrogen and oxygen atoms in total. The Morgan fingerprint density at radius 2 is 1.58 bits per heavy atom. The second kappa shape index (κ2) is 9.78. The van der Waals surface area contributed by atoms with Crippen LogP contribution in [0, 0.1) is 6.92 Å². The van der Waals surface area contributed by atoms with Gasteiger partial charge in [0, 0.05) is 0 Å². The predicted octanol–water partition coefficient (Wildman–Crippen LogP) is 2.04. The van der Waals surface area contributed by atoms with Crippen LogP contribution in [0.1, 0.15) is 11.1 Å². The number of carboxylic acid groups (broad SMARTS) is 1. The van der Waals surface area contributed by atoms with Crippen LogP contribution in [0.15, 0.2) is 59.5 Å². The van der Waals surface area contributed by atoms with Crippen LogP contribution < -0.4 is 11.9 Å². The van der Waals surface area contributed by atoms with Gasteiger partial charge in [0.1, 0.15) is 6.04 Å². The highest BCUT2D eigenvalue weighted by atomic mass is 32.2. The van der Waals surface area contributed by atoms with E-state index in [1.807, 2.05) is 37.3 Å². The lowest BCUT2D eigenvalue weighted by molar-refractivity contribution is -0.138. The molecule has 0 heterocycles. The molecule has 7 N–H and O–H groups in total. The van der Waals surface area contributed by atoms with Gasteiger partial charge in [-0.3, -0.25) is 9.35 Å². The third-order valence-corrected chi connectivity index (χ3v) is 3.80. The highest BCUT2D eigenvalue weighted by Crippen LogP contribution is 2.08. The van der Waals surface area contributed by atoms with Crippen LogP contribution in [0.2, 0.25) is 0 Å². The maximum absolute atomic E-state index is 10.5. The summed E-state index contributed by atoms with van der Waals surface area (Å²) in [6.45, 7) is 1.84. The van der Waals surface area contributed by atoms with Crippen LogP contribution in [-0.4, -0.2) is 30.1 Å². The number of hydrogen-bond donors (Lipinski definition) is 4. The first-order chi connectivity index (χ1) is 10.7. The van der Waals surface area contributed by atoms with Crippen molar-refractivity contribution in [3.05, 3.63) is 65.7 Å². The van der Waals surface area contributed by atoms with E-state index in [1.54, 1.807) is 12.1 Å². The Morgan fingerprint density at radius 1 is 1.08 bits per heavy atom. The van der Waals surface area contributed by atoms with E-state index in [-0.39, 0.29) is 11.0 Å². The molecule has 1 atom stereocenters. The molecule has 0 aliphatic rings. The number of carbonyl (C=O) groups is 1. The van der Waals surface area contributed by atoms with Gasteiger partial charge in [0.25, 0.3) is 10.1 Å². The largest absolute Gasteiger partial charge is 0.480 e. The van der Waals surface area contributed by atoms with E-state index < -0.39 is 22.1 Å². The molecule has 2 rings (SSSR count). The van der Waals surface area contributed by atoms with Crippen LogP contribution in [0.5, 0.6) is 0 Å². The number of nitrogens with two attached hydrogens (primary N) is 1. The molecule has 0 aliphatic carbocycles. The van der Waals surface area contributed by atoms with Crippen molar-refractivity contribution in [2.45, 2.75) is 24.3 Å². The van der Waals surface area contributed by atoms with Crippen molar-refractivity contribution in [2.24, 2.45) is 5.73 Å². The highest BCUT2D eigenvalue weighted by Gasteiger charge is 2.11. The molecule has 132 valence electrons. The molecule has 0 spiro atoms. The summed E-state index contributed by atoms with van der Waals surface area (Å²) in [5.41, 5.74) is 7.26. The van der Waals surface area contributed by atoms with Crippen molar-refractivity contribution >= 4 is 16.1 Å². The van der Waals surface area contributed by atoms with E-state index in [4.69, 9.17) is 15.4 Å². The number of carboxylic acids is 1. The Kier molecular flexibility index (Phi) is 8.86. The van der Waals surface area contributed by atoms with Crippen LogP contribution in [0.25, 0.3) is 0 Å². The maximum atomic E-state index is 10.5. The Labute approximate surface area is 141 Å². The van der Waals surface area contributed by atoms with Gasteiger partial charge >= 0.3 is 5.97 Å². The third kappa shape index (κ3) is 7.84. The lowest BCUT2D eigenvalue weighted by Gasteiger charge is -2.04. The van der Waals surface area contributed by atoms with E-state index >= 15 is 0 Å². The Morgan fingerprint density at radius 3 is 2.00 bits per heavy atom. The Bertz CT molecular complexity index is 731. The molecule has 2 aromatic rings. The van der Waals surface area contributed by atoms with Gasteiger partial charge in [0.05, 0.1) is 4.90 Å². The van der Waals surface area contributed by atoms with Gasteiger partial charge in [-0.25, -0.2) is 0 Å². The normalized spacial score (nSPS) is 11.5. The van der Waals surface area contributed by atoms with Gasteiger partial charge in [-0.15, -0.1) is 0 Å². The summed E-state index contributed by atoms with van der Waals surface area (Å²) < 4.78 is 29.6. The molecule has 0 amide bonds. The van der Waals surface area contributed by atoms with Gasteiger partial charge in [-0.05, 0) is 31.0 Å². The molecule has 0 bridgehead atoms. The van der Waals surface area contributed by atoms with Crippen LogP contribution in [-0.2, 0) is 21.3 Å². The zero-order valence-corrected chi connectivity index (χ0v) is 14.1. The summed E-state index contributed by atoms with van der Waals surface area (Å²) in [6, 6.07) is 14.5. The minimum atomic E-state index is -4.02. The number of aryl methyl sites for hydroxylation is 1. The molecule has 0 radical (unpaired) electrons. The van der Waals surface area contributed by atoms with Crippen molar-refractivity contribution in [1.82, 2.24) is 6.15 Å². The minimum Gasteiger partial charge on any atom is -0.480 e. The quantitative estimate of drug-likeness (QED) is 0.613. The molecule has 0 aromatic heterocycles. The second-order valence-corrected chi connectivity index (χ2v) is 6.34.